The van der Waals surface area contributed by atoms with Crippen LogP contribution in [0.25, 0.3) is 0 Å². The van der Waals surface area contributed by atoms with Crippen molar-refractivity contribution in [2.45, 2.75) is 19.9 Å². The van der Waals surface area contributed by atoms with E-state index < -0.39 is 12.0 Å². The maximum absolute atomic E-state index is 12.0. The van der Waals surface area contributed by atoms with Gasteiger partial charge in [-0.05, 0) is 55.9 Å². The smallest absolute Gasteiger partial charge is 0.379 e. The Morgan fingerprint density at radius 1 is 1.24 bits per heavy atom. The van der Waals surface area contributed by atoms with Crippen molar-refractivity contribution in [2.24, 2.45) is 0 Å². The molecule has 0 amide bonds. The molecule has 6 nitrogen and oxygen atoms in total. The molecule has 0 spiro atoms. The SMILES string of the molecule is CC(=O)C1=C(C)NC(=S)NC1c1cccc(OC(=O)c2ccco2)c1. The minimum absolute atomic E-state index is 0.0667. The molecule has 2 heterocycles. The fourth-order valence-corrected chi connectivity index (χ4v) is 2.99. The van der Waals surface area contributed by atoms with Gasteiger partial charge in [-0.3, -0.25) is 4.79 Å². The summed E-state index contributed by atoms with van der Waals surface area (Å²) in [5.74, 6) is -0.185. The maximum atomic E-state index is 12.0. The molecule has 0 radical (unpaired) electrons. The summed E-state index contributed by atoms with van der Waals surface area (Å²) in [6, 6.07) is 9.68. The minimum atomic E-state index is -0.588. The van der Waals surface area contributed by atoms with Crippen LogP contribution in [0.15, 0.2) is 58.3 Å². The number of nitrogens with one attached hydrogen (secondary N) is 2. The Kier molecular flexibility index (Phi) is 4.67. The topological polar surface area (TPSA) is 80.6 Å². The molecule has 7 heteroatoms. The fraction of sp³-hybridized carbons (Fsp3) is 0.167. The number of ketones is 1. The van der Waals surface area contributed by atoms with E-state index in [0.717, 1.165) is 5.56 Å². The third-order valence-electron chi connectivity index (χ3n) is 3.77. The average Bonchev–Trinajstić information content (AvgIpc) is 3.08. The molecule has 2 N–H and O–H groups in total. The van der Waals surface area contributed by atoms with Gasteiger partial charge >= 0.3 is 5.97 Å². The number of allylic oxidation sites excluding steroid dienone is 1. The normalized spacial score (nSPS) is 16.9. The number of carbonyl (C=O) groups is 2. The third-order valence-corrected chi connectivity index (χ3v) is 3.99. The standard InChI is InChI=1S/C18H16N2O4S/c1-10-15(11(2)21)16(20-18(25)19-10)12-5-3-6-13(9-12)24-17(22)14-7-4-8-23-14/h3-9,16H,1-2H3,(H2,19,20,25). The predicted octanol–water partition coefficient (Wildman–Crippen LogP) is 2.88. The van der Waals surface area contributed by atoms with E-state index in [1.54, 1.807) is 31.2 Å². The average molecular weight is 356 g/mol. The zero-order valence-corrected chi connectivity index (χ0v) is 14.5. The van der Waals surface area contributed by atoms with E-state index in [0.29, 0.717) is 22.1 Å². The van der Waals surface area contributed by atoms with Crippen LogP contribution in [0.1, 0.15) is 36.0 Å². The van der Waals surface area contributed by atoms with Gasteiger partial charge in [0.05, 0.1) is 12.3 Å². The number of esters is 1. The number of carbonyl (C=O) groups excluding carboxylic acids is 2. The Bertz CT molecular complexity index is 871. The van der Waals surface area contributed by atoms with Crippen molar-refractivity contribution in [3.63, 3.8) is 0 Å². The van der Waals surface area contributed by atoms with Crippen molar-refractivity contribution >= 4 is 29.1 Å². The van der Waals surface area contributed by atoms with E-state index >= 15 is 0 Å². The molecule has 128 valence electrons. The van der Waals surface area contributed by atoms with E-state index in [1.807, 2.05) is 6.07 Å². The van der Waals surface area contributed by atoms with Crippen LogP contribution in [0.4, 0.5) is 0 Å². The molecule has 1 atom stereocenters. The molecule has 0 aliphatic carbocycles. The largest absolute Gasteiger partial charge is 0.457 e. The van der Waals surface area contributed by atoms with Crippen LogP contribution in [0.5, 0.6) is 5.75 Å². The van der Waals surface area contributed by atoms with Gasteiger partial charge in [0.2, 0.25) is 5.76 Å². The summed E-state index contributed by atoms with van der Waals surface area (Å²) in [5, 5.41) is 6.48. The maximum Gasteiger partial charge on any atom is 0.379 e. The Morgan fingerprint density at radius 2 is 2.04 bits per heavy atom. The number of thiocarbonyl (C=S) groups is 1. The van der Waals surface area contributed by atoms with Crippen LogP contribution in [0, 0.1) is 0 Å². The van der Waals surface area contributed by atoms with E-state index in [4.69, 9.17) is 21.4 Å². The monoisotopic (exact) mass is 356 g/mol. The highest BCUT2D eigenvalue weighted by molar-refractivity contribution is 7.80. The van der Waals surface area contributed by atoms with Crippen molar-refractivity contribution in [3.05, 3.63) is 65.3 Å². The first-order valence-electron chi connectivity index (χ1n) is 7.60. The zero-order valence-electron chi connectivity index (χ0n) is 13.7. The van der Waals surface area contributed by atoms with E-state index in [1.165, 1.54) is 19.3 Å². The molecule has 2 aromatic rings. The van der Waals surface area contributed by atoms with Gasteiger partial charge in [0, 0.05) is 11.3 Å². The molecule has 1 aromatic heterocycles. The highest BCUT2D eigenvalue weighted by Crippen LogP contribution is 2.29. The van der Waals surface area contributed by atoms with Crippen molar-refractivity contribution < 1.29 is 18.7 Å². The summed E-state index contributed by atoms with van der Waals surface area (Å²) in [7, 11) is 0. The van der Waals surface area contributed by atoms with Gasteiger partial charge in [0.25, 0.3) is 0 Å². The predicted molar refractivity (Wildman–Crippen MR) is 95.1 cm³/mol. The molecule has 1 unspecified atom stereocenters. The molecule has 0 saturated heterocycles. The molecule has 1 aliphatic rings. The Hall–Kier alpha value is -2.93. The number of rotatable bonds is 4. The van der Waals surface area contributed by atoms with E-state index in [2.05, 4.69) is 10.6 Å². The Balaban J connectivity index is 1.90. The minimum Gasteiger partial charge on any atom is -0.457 e. The molecule has 1 aliphatic heterocycles. The lowest BCUT2D eigenvalue weighted by atomic mass is 9.93. The van der Waals surface area contributed by atoms with E-state index in [-0.39, 0.29) is 11.5 Å². The van der Waals surface area contributed by atoms with Gasteiger partial charge in [-0.2, -0.15) is 0 Å². The fourth-order valence-electron chi connectivity index (χ4n) is 2.72. The van der Waals surface area contributed by atoms with Gasteiger partial charge in [-0.15, -0.1) is 0 Å². The molecule has 0 fully saturated rings. The molecular weight excluding hydrogens is 340 g/mol. The molecular formula is C18H16N2O4S. The second kappa shape index (κ2) is 6.90. The summed E-state index contributed by atoms with van der Waals surface area (Å²) in [4.78, 5) is 24.1. The number of furan rings is 1. The lowest BCUT2D eigenvalue weighted by molar-refractivity contribution is -0.114. The summed E-state index contributed by atoms with van der Waals surface area (Å²) in [6.07, 6.45) is 1.40. The molecule has 25 heavy (non-hydrogen) atoms. The highest BCUT2D eigenvalue weighted by atomic mass is 32.1. The summed E-state index contributed by atoms with van der Waals surface area (Å²) in [6.45, 7) is 3.31. The van der Waals surface area contributed by atoms with E-state index in [9.17, 15) is 9.59 Å². The van der Waals surface area contributed by atoms with Crippen molar-refractivity contribution in [2.75, 3.05) is 0 Å². The number of hydrogen-bond donors (Lipinski definition) is 2. The van der Waals surface area contributed by atoms with Gasteiger partial charge in [0.15, 0.2) is 10.9 Å². The Morgan fingerprint density at radius 3 is 2.72 bits per heavy atom. The third kappa shape index (κ3) is 3.61. The van der Waals surface area contributed by atoms with Crippen LogP contribution >= 0.6 is 12.2 Å². The first-order chi connectivity index (χ1) is 12.0. The van der Waals surface area contributed by atoms with Crippen molar-refractivity contribution in [1.82, 2.24) is 10.6 Å². The first-order valence-corrected chi connectivity index (χ1v) is 8.01. The van der Waals surface area contributed by atoms with Gasteiger partial charge in [-0.1, -0.05) is 12.1 Å². The van der Waals surface area contributed by atoms with Gasteiger partial charge in [-0.25, -0.2) is 4.79 Å². The number of Topliss-reactive ketones (excluding diaryl/α,β-unsaturated/α-hetero) is 1. The van der Waals surface area contributed by atoms with Crippen LogP contribution in [-0.2, 0) is 4.79 Å². The second-order valence-electron chi connectivity index (χ2n) is 5.57. The molecule has 0 saturated carbocycles. The molecule has 0 bridgehead atoms. The lowest BCUT2D eigenvalue weighted by Crippen LogP contribution is -2.44. The van der Waals surface area contributed by atoms with Gasteiger partial charge in [0.1, 0.15) is 5.75 Å². The second-order valence-corrected chi connectivity index (χ2v) is 5.97. The van der Waals surface area contributed by atoms with Crippen LogP contribution < -0.4 is 15.4 Å². The summed E-state index contributed by atoms with van der Waals surface area (Å²) >= 11 is 5.19. The first kappa shape index (κ1) is 16.9. The van der Waals surface area contributed by atoms with Crippen molar-refractivity contribution in [3.8, 4) is 5.75 Å². The summed E-state index contributed by atoms with van der Waals surface area (Å²) in [5.41, 5.74) is 2.06. The quantitative estimate of drug-likeness (QED) is 0.495. The van der Waals surface area contributed by atoms with Crippen LogP contribution in [0.3, 0.4) is 0 Å². The lowest BCUT2D eigenvalue weighted by Gasteiger charge is -2.30. The number of benzene rings is 1. The molecule has 1 aromatic carbocycles. The molecule has 3 rings (SSSR count). The zero-order chi connectivity index (χ0) is 18.0. The van der Waals surface area contributed by atoms with Crippen molar-refractivity contribution in [1.29, 1.82) is 0 Å². The van der Waals surface area contributed by atoms with Crippen LogP contribution in [0.2, 0.25) is 0 Å². The number of hydrogen-bond acceptors (Lipinski definition) is 5. The summed E-state index contributed by atoms with van der Waals surface area (Å²) < 4.78 is 10.4. The number of ether oxygens (including phenoxy) is 1. The van der Waals surface area contributed by atoms with Gasteiger partial charge < -0.3 is 19.8 Å². The Labute approximate surface area is 149 Å². The van der Waals surface area contributed by atoms with Crippen LogP contribution in [-0.4, -0.2) is 16.9 Å². The highest BCUT2D eigenvalue weighted by Gasteiger charge is 2.28.